The predicted octanol–water partition coefficient (Wildman–Crippen LogP) is 3.61. The smallest absolute Gasteiger partial charge is 0.328 e. The Labute approximate surface area is 172 Å². The number of pyridine rings is 2. The van der Waals surface area contributed by atoms with E-state index in [0.29, 0.717) is 9.72 Å². The van der Waals surface area contributed by atoms with Crippen LogP contribution in [0.4, 0.5) is 13.2 Å². The molecule has 0 N–H and O–H groups in total. The minimum Gasteiger partial charge on any atom is -0.328 e. The summed E-state index contributed by atoms with van der Waals surface area (Å²) in [4.78, 5) is 33.5. The van der Waals surface area contributed by atoms with Crippen molar-refractivity contribution in [2.24, 2.45) is 0 Å². The summed E-state index contributed by atoms with van der Waals surface area (Å²) in [6.07, 6.45) is -1.42. The van der Waals surface area contributed by atoms with Gasteiger partial charge in [-0.1, -0.05) is 23.7 Å². The molecule has 0 fully saturated rings. The van der Waals surface area contributed by atoms with Crippen molar-refractivity contribution in [2.45, 2.75) is 12.7 Å². The molecule has 6 nitrogen and oxygen atoms in total. The van der Waals surface area contributed by atoms with Crippen LogP contribution >= 0.6 is 11.6 Å². The molecule has 1 aromatic heterocycles. The summed E-state index contributed by atoms with van der Waals surface area (Å²) >= 11 is 5.78. The molecule has 0 unspecified atom stereocenters. The predicted molar refractivity (Wildman–Crippen MR) is 104 cm³/mol. The molecule has 30 heavy (non-hydrogen) atoms. The molecule has 2 aliphatic rings. The lowest BCUT2D eigenvalue weighted by Gasteiger charge is -2.15. The van der Waals surface area contributed by atoms with Gasteiger partial charge in [0.25, 0.3) is 5.56 Å². The highest BCUT2D eigenvalue weighted by Gasteiger charge is 2.31. The Kier molecular flexibility index (Phi) is 4.90. The van der Waals surface area contributed by atoms with Gasteiger partial charge < -0.3 is 4.57 Å². The molecule has 0 aliphatic carbocycles. The molecule has 0 amide bonds. The minimum atomic E-state index is -4.61. The van der Waals surface area contributed by atoms with E-state index in [1.54, 1.807) is 35.2 Å². The van der Waals surface area contributed by atoms with E-state index in [0.717, 1.165) is 23.8 Å². The van der Waals surface area contributed by atoms with Crippen molar-refractivity contribution in [3.8, 4) is 17.1 Å². The Hall–Kier alpha value is -3.46. The number of hydrogen-bond acceptors (Lipinski definition) is 4. The Morgan fingerprint density at radius 3 is 2.53 bits per heavy atom. The average Bonchev–Trinajstić information content (AvgIpc) is 2.70. The topological polar surface area (TPSA) is 69.8 Å². The first-order chi connectivity index (χ1) is 14.2. The third-order valence-electron chi connectivity index (χ3n) is 4.44. The maximum atomic E-state index is 13.0. The van der Waals surface area contributed by atoms with Gasteiger partial charge >= 0.3 is 11.9 Å². The van der Waals surface area contributed by atoms with Crippen LogP contribution in [-0.4, -0.2) is 19.1 Å². The highest BCUT2D eigenvalue weighted by atomic mass is 35.5. The largest absolute Gasteiger partial charge is 0.416 e. The zero-order chi connectivity index (χ0) is 21.5. The van der Waals surface area contributed by atoms with Crippen LogP contribution in [0.5, 0.6) is 0 Å². The summed E-state index contributed by atoms with van der Waals surface area (Å²) in [6.45, 7) is 0.265. The van der Waals surface area contributed by atoms with Crippen LogP contribution in [0, 0.1) is 0 Å². The standard InChI is InChI=1S/C20H12ClF3N4O2/c21-16-7-6-12(10-25-16)11-27-8-2-5-15-17(27)26-19(30)28(18(15)29)14-4-1-3-13(9-14)20(22,23)24/h1-10H,11H2. The third kappa shape index (κ3) is 3.71. The zero-order valence-corrected chi connectivity index (χ0v) is 15.9. The van der Waals surface area contributed by atoms with E-state index in [1.807, 2.05) is 0 Å². The first-order valence-electron chi connectivity index (χ1n) is 8.64. The van der Waals surface area contributed by atoms with Gasteiger partial charge in [-0.25, -0.2) is 14.3 Å². The van der Waals surface area contributed by atoms with E-state index in [1.165, 1.54) is 12.1 Å². The van der Waals surface area contributed by atoms with Gasteiger partial charge in [0.05, 0.1) is 23.4 Å². The molecule has 0 atom stereocenters. The van der Waals surface area contributed by atoms with E-state index in [2.05, 4.69) is 9.97 Å². The molecule has 10 heteroatoms. The summed E-state index contributed by atoms with van der Waals surface area (Å²) in [5.74, 6) is 0.116. The van der Waals surface area contributed by atoms with Crippen molar-refractivity contribution in [3.05, 3.63) is 98.0 Å². The van der Waals surface area contributed by atoms with Crippen LogP contribution in [0.2, 0.25) is 5.15 Å². The molecule has 4 rings (SSSR count). The van der Waals surface area contributed by atoms with Gasteiger partial charge in [-0.3, -0.25) is 4.79 Å². The second-order valence-corrected chi connectivity index (χ2v) is 6.83. The van der Waals surface area contributed by atoms with Crippen molar-refractivity contribution in [1.29, 1.82) is 0 Å². The summed E-state index contributed by atoms with van der Waals surface area (Å²) < 4.78 is 41.3. The lowest BCUT2D eigenvalue weighted by Crippen LogP contribution is -2.37. The lowest BCUT2D eigenvalue weighted by atomic mass is 10.1. The van der Waals surface area contributed by atoms with Crippen LogP contribution in [0.15, 0.2) is 70.5 Å². The Balaban J connectivity index is 1.85. The van der Waals surface area contributed by atoms with Crippen molar-refractivity contribution in [2.75, 3.05) is 0 Å². The number of rotatable bonds is 3. The second kappa shape index (κ2) is 7.42. The SMILES string of the molecule is O=c1nc2n(Cc3ccc(Cl)nc3)cccc-2c(=O)n1-c1cccc(C(F)(F)F)c1. The average molecular weight is 433 g/mol. The lowest BCUT2D eigenvalue weighted by molar-refractivity contribution is -0.137. The van der Waals surface area contributed by atoms with Crippen LogP contribution in [-0.2, 0) is 12.7 Å². The summed E-state index contributed by atoms with van der Waals surface area (Å²) in [5, 5.41) is 0.325. The molecule has 0 saturated heterocycles. The molecule has 0 radical (unpaired) electrons. The number of fused-ring (bicyclic) bond motifs is 1. The van der Waals surface area contributed by atoms with Crippen LogP contribution in [0.1, 0.15) is 11.1 Å². The van der Waals surface area contributed by atoms with Gasteiger partial charge in [-0.2, -0.15) is 18.2 Å². The molecule has 0 bridgehead atoms. The summed E-state index contributed by atoms with van der Waals surface area (Å²) in [5.41, 5.74) is -2.05. The molecule has 2 aromatic rings. The molecular formula is C20H12ClF3N4O2. The molecular weight excluding hydrogens is 421 g/mol. The van der Waals surface area contributed by atoms with Gasteiger partial charge in [0.1, 0.15) is 5.15 Å². The second-order valence-electron chi connectivity index (χ2n) is 6.45. The van der Waals surface area contributed by atoms with Crippen LogP contribution in [0.3, 0.4) is 0 Å². The van der Waals surface area contributed by atoms with Gasteiger partial charge in [0.2, 0.25) is 0 Å². The van der Waals surface area contributed by atoms with Crippen LogP contribution in [0.25, 0.3) is 17.1 Å². The maximum absolute atomic E-state index is 13.0. The number of halogens is 4. The number of alkyl halides is 3. The van der Waals surface area contributed by atoms with Gasteiger partial charge in [-0.15, -0.1) is 0 Å². The van der Waals surface area contributed by atoms with E-state index in [-0.39, 0.29) is 23.6 Å². The summed E-state index contributed by atoms with van der Waals surface area (Å²) in [7, 11) is 0. The fourth-order valence-corrected chi connectivity index (χ4v) is 3.17. The van der Waals surface area contributed by atoms with Crippen molar-refractivity contribution in [3.63, 3.8) is 0 Å². The third-order valence-corrected chi connectivity index (χ3v) is 4.67. The van der Waals surface area contributed by atoms with Gasteiger partial charge in [-0.05, 0) is 42.0 Å². The quantitative estimate of drug-likeness (QED) is 0.464. The number of aromatic nitrogens is 4. The normalized spacial score (nSPS) is 11.7. The van der Waals surface area contributed by atoms with Crippen molar-refractivity contribution >= 4 is 11.6 Å². The highest BCUT2D eigenvalue weighted by molar-refractivity contribution is 6.29. The Morgan fingerprint density at radius 2 is 1.83 bits per heavy atom. The number of nitrogens with zero attached hydrogens (tertiary/aromatic N) is 4. The Morgan fingerprint density at radius 1 is 1.03 bits per heavy atom. The first-order valence-corrected chi connectivity index (χ1v) is 9.02. The minimum absolute atomic E-state index is 0.0939. The van der Waals surface area contributed by atoms with E-state index < -0.39 is 23.0 Å². The van der Waals surface area contributed by atoms with Crippen molar-refractivity contribution in [1.82, 2.24) is 19.1 Å². The Bertz CT molecular complexity index is 1310. The molecule has 3 heterocycles. The maximum Gasteiger partial charge on any atom is 0.416 e. The first kappa shape index (κ1) is 19.8. The fraction of sp³-hybridized carbons (Fsp3) is 0.100. The molecule has 0 spiro atoms. The molecule has 1 aromatic carbocycles. The monoisotopic (exact) mass is 432 g/mol. The number of hydrogen-bond donors (Lipinski definition) is 0. The van der Waals surface area contributed by atoms with E-state index in [4.69, 9.17) is 11.6 Å². The van der Waals surface area contributed by atoms with Crippen LogP contribution < -0.4 is 11.2 Å². The molecule has 0 saturated carbocycles. The van der Waals surface area contributed by atoms with E-state index >= 15 is 0 Å². The molecule has 152 valence electrons. The highest BCUT2D eigenvalue weighted by Crippen LogP contribution is 2.30. The fourth-order valence-electron chi connectivity index (χ4n) is 3.06. The number of benzene rings is 1. The van der Waals surface area contributed by atoms with Gasteiger partial charge in [0, 0.05) is 12.4 Å². The van der Waals surface area contributed by atoms with Crippen molar-refractivity contribution < 1.29 is 13.2 Å². The molecule has 2 aliphatic heterocycles. The van der Waals surface area contributed by atoms with Gasteiger partial charge in [0.15, 0.2) is 5.82 Å². The van der Waals surface area contributed by atoms with E-state index in [9.17, 15) is 22.8 Å². The summed E-state index contributed by atoms with van der Waals surface area (Å²) in [6, 6.07) is 10.4. The zero-order valence-electron chi connectivity index (χ0n) is 15.1.